The average molecular weight is 302 g/mol. The van der Waals surface area contributed by atoms with E-state index in [4.69, 9.17) is 0 Å². The van der Waals surface area contributed by atoms with E-state index in [9.17, 15) is 14.4 Å². The number of amides is 2. The Hall–Kier alpha value is -2.18. The molecule has 0 unspecified atom stereocenters. The number of likely N-dealkylation sites (tertiary alicyclic amines) is 1. The van der Waals surface area contributed by atoms with Gasteiger partial charge in [0.2, 0.25) is 5.91 Å². The smallest absolute Gasteiger partial charge is 0.272 e. The fourth-order valence-electron chi connectivity index (χ4n) is 2.70. The van der Waals surface area contributed by atoms with Crippen LogP contribution < -0.4 is 10.9 Å². The molecule has 0 aromatic carbocycles. The van der Waals surface area contributed by atoms with Crippen molar-refractivity contribution in [2.24, 2.45) is 5.92 Å². The SMILES string of the molecule is O=C(NC1CN(C(=O)c2cc(=O)[nH]c(C3CC3)n2)C1)C1CC1. The molecule has 3 aliphatic rings. The molecular formula is C15H18N4O3. The summed E-state index contributed by atoms with van der Waals surface area (Å²) >= 11 is 0. The predicted molar refractivity (Wildman–Crippen MR) is 77.4 cm³/mol. The Morgan fingerprint density at radius 2 is 1.95 bits per heavy atom. The third-order valence-corrected chi connectivity index (χ3v) is 4.41. The number of hydrogen-bond donors (Lipinski definition) is 2. The van der Waals surface area contributed by atoms with E-state index in [0.717, 1.165) is 25.7 Å². The van der Waals surface area contributed by atoms with Crippen molar-refractivity contribution in [3.8, 4) is 0 Å². The Morgan fingerprint density at radius 3 is 2.59 bits per heavy atom. The second-order valence-electron chi connectivity index (χ2n) is 6.48. The van der Waals surface area contributed by atoms with Gasteiger partial charge in [0.25, 0.3) is 11.5 Å². The van der Waals surface area contributed by atoms with E-state index in [2.05, 4.69) is 15.3 Å². The molecule has 3 fully saturated rings. The Bertz CT molecular complexity index is 684. The molecule has 2 heterocycles. The summed E-state index contributed by atoms with van der Waals surface area (Å²) in [6.07, 6.45) is 3.98. The van der Waals surface area contributed by atoms with Crippen LogP contribution in [0.3, 0.4) is 0 Å². The first-order chi connectivity index (χ1) is 10.6. The fraction of sp³-hybridized carbons (Fsp3) is 0.600. The van der Waals surface area contributed by atoms with Gasteiger partial charge in [0.15, 0.2) is 0 Å². The zero-order valence-corrected chi connectivity index (χ0v) is 12.2. The summed E-state index contributed by atoms with van der Waals surface area (Å²) in [6, 6.07) is 1.28. The van der Waals surface area contributed by atoms with Gasteiger partial charge in [-0.05, 0) is 25.7 Å². The lowest BCUT2D eigenvalue weighted by Crippen LogP contribution is -2.61. The summed E-state index contributed by atoms with van der Waals surface area (Å²) in [5.74, 6) is 0.963. The van der Waals surface area contributed by atoms with Gasteiger partial charge in [0.05, 0.1) is 6.04 Å². The maximum absolute atomic E-state index is 12.3. The van der Waals surface area contributed by atoms with Crippen LogP contribution in [0.2, 0.25) is 0 Å². The number of hydrogen-bond acceptors (Lipinski definition) is 4. The normalized spacial score (nSPS) is 21.4. The van der Waals surface area contributed by atoms with E-state index in [1.165, 1.54) is 6.07 Å². The van der Waals surface area contributed by atoms with Gasteiger partial charge in [0.1, 0.15) is 11.5 Å². The lowest BCUT2D eigenvalue weighted by atomic mass is 10.1. The molecule has 0 spiro atoms. The van der Waals surface area contributed by atoms with Gasteiger partial charge in [-0.1, -0.05) is 0 Å². The van der Waals surface area contributed by atoms with Crippen molar-refractivity contribution in [3.05, 3.63) is 27.9 Å². The topological polar surface area (TPSA) is 95.2 Å². The second-order valence-corrected chi connectivity index (χ2v) is 6.48. The number of carbonyl (C=O) groups is 2. The number of aromatic amines is 1. The van der Waals surface area contributed by atoms with Crippen LogP contribution >= 0.6 is 0 Å². The lowest BCUT2D eigenvalue weighted by molar-refractivity contribution is -0.123. The van der Waals surface area contributed by atoms with Crippen LogP contribution in [0.15, 0.2) is 10.9 Å². The van der Waals surface area contributed by atoms with Crippen LogP contribution in [0.1, 0.15) is 47.9 Å². The average Bonchev–Trinajstić information content (AvgIpc) is 3.32. The zero-order valence-electron chi connectivity index (χ0n) is 12.2. The van der Waals surface area contributed by atoms with Crippen LogP contribution in [0.4, 0.5) is 0 Å². The molecule has 4 rings (SSSR count). The van der Waals surface area contributed by atoms with Crippen molar-refractivity contribution in [3.63, 3.8) is 0 Å². The van der Waals surface area contributed by atoms with Crippen molar-refractivity contribution in [2.45, 2.75) is 37.6 Å². The molecule has 0 atom stereocenters. The third kappa shape index (κ3) is 2.63. The lowest BCUT2D eigenvalue weighted by Gasteiger charge is -2.39. The molecule has 1 aromatic heterocycles. The molecule has 1 saturated heterocycles. The van der Waals surface area contributed by atoms with E-state index in [1.54, 1.807) is 4.90 Å². The minimum atomic E-state index is -0.278. The van der Waals surface area contributed by atoms with Gasteiger partial charge >= 0.3 is 0 Å². The largest absolute Gasteiger partial charge is 0.350 e. The van der Waals surface area contributed by atoms with Gasteiger partial charge in [-0.15, -0.1) is 0 Å². The maximum Gasteiger partial charge on any atom is 0.272 e. The summed E-state index contributed by atoms with van der Waals surface area (Å²) in [4.78, 5) is 44.3. The van der Waals surface area contributed by atoms with Crippen molar-refractivity contribution in [2.75, 3.05) is 13.1 Å². The molecule has 1 aromatic rings. The molecule has 2 saturated carbocycles. The monoisotopic (exact) mass is 302 g/mol. The quantitative estimate of drug-likeness (QED) is 0.818. The van der Waals surface area contributed by atoms with Gasteiger partial charge in [-0.3, -0.25) is 14.4 Å². The van der Waals surface area contributed by atoms with Gasteiger partial charge in [-0.25, -0.2) is 4.98 Å². The molecule has 0 radical (unpaired) electrons. The summed E-state index contributed by atoms with van der Waals surface area (Å²) in [7, 11) is 0. The minimum Gasteiger partial charge on any atom is -0.350 e. The minimum absolute atomic E-state index is 0.0296. The third-order valence-electron chi connectivity index (χ3n) is 4.41. The van der Waals surface area contributed by atoms with Crippen LogP contribution in [0, 0.1) is 5.92 Å². The molecule has 2 amide bonds. The molecule has 7 nitrogen and oxygen atoms in total. The van der Waals surface area contributed by atoms with Gasteiger partial charge in [0, 0.05) is 31.0 Å². The molecule has 1 aliphatic heterocycles. The number of rotatable bonds is 4. The second kappa shape index (κ2) is 4.93. The molecule has 116 valence electrons. The maximum atomic E-state index is 12.3. The first-order valence-corrected chi connectivity index (χ1v) is 7.81. The van der Waals surface area contributed by atoms with E-state index in [-0.39, 0.29) is 35.0 Å². The first-order valence-electron chi connectivity index (χ1n) is 7.81. The highest BCUT2D eigenvalue weighted by Gasteiger charge is 2.37. The van der Waals surface area contributed by atoms with Crippen LogP contribution in [-0.2, 0) is 4.79 Å². The number of nitrogens with zero attached hydrogens (tertiary/aromatic N) is 2. The molecule has 7 heteroatoms. The highest BCUT2D eigenvalue weighted by molar-refractivity contribution is 5.93. The molecular weight excluding hydrogens is 284 g/mol. The Morgan fingerprint density at radius 1 is 1.23 bits per heavy atom. The van der Waals surface area contributed by atoms with Gasteiger partial charge < -0.3 is 15.2 Å². The molecule has 22 heavy (non-hydrogen) atoms. The summed E-state index contributed by atoms with van der Waals surface area (Å²) < 4.78 is 0. The van der Waals surface area contributed by atoms with Crippen molar-refractivity contribution in [1.29, 1.82) is 0 Å². The van der Waals surface area contributed by atoms with Crippen molar-refractivity contribution < 1.29 is 9.59 Å². The Kier molecular flexibility index (Phi) is 3.02. The van der Waals surface area contributed by atoms with Crippen LogP contribution in [-0.4, -0.2) is 45.8 Å². The standard InChI is InChI=1S/C15H18N4O3/c20-12-5-11(17-13(18-12)8-1-2-8)15(22)19-6-10(7-19)16-14(21)9-3-4-9/h5,8-10H,1-4,6-7H2,(H,16,21)(H,17,18,20). The Balaban J connectivity index is 1.38. The van der Waals surface area contributed by atoms with Crippen molar-refractivity contribution >= 4 is 11.8 Å². The summed E-state index contributed by atoms with van der Waals surface area (Å²) in [5, 5.41) is 2.94. The first kappa shape index (κ1) is 13.5. The highest BCUT2D eigenvalue weighted by atomic mass is 16.2. The zero-order chi connectivity index (χ0) is 15.3. The fourth-order valence-corrected chi connectivity index (χ4v) is 2.70. The van der Waals surface area contributed by atoms with E-state index in [1.807, 2.05) is 0 Å². The summed E-state index contributed by atoms with van der Waals surface area (Å²) in [5.41, 5.74) is -0.0722. The Labute approximate surface area is 127 Å². The highest BCUT2D eigenvalue weighted by Crippen LogP contribution is 2.37. The van der Waals surface area contributed by atoms with Crippen LogP contribution in [0.5, 0.6) is 0 Å². The van der Waals surface area contributed by atoms with E-state index >= 15 is 0 Å². The molecule has 2 N–H and O–H groups in total. The molecule has 0 bridgehead atoms. The number of nitrogens with one attached hydrogen (secondary N) is 2. The predicted octanol–water partition coefficient (Wildman–Crippen LogP) is -0.00210. The van der Waals surface area contributed by atoms with E-state index < -0.39 is 0 Å². The number of H-pyrrole nitrogens is 1. The van der Waals surface area contributed by atoms with E-state index in [0.29, 0.717) is 24.8 Å². The van der Waals surface area contributed by atoms with Crippen molar-refractivity contribution in [1.82, 2.24) is 20.2 Å². The van der Waals surface area contributed by atoms with Gasteiger partial charge in [-0.2, -0.15) is 0 Å². The number of aromatic nitrogens is 2. The summed E-state index contributed by atoms with van der Waals surface area (Å²) in [6.45, 7) is 0.981. The van der Waals surface area contributed by atoms with Crippen LogP contribution in [0.25, 0.3) is 0 Å². The molecule has 2 aliphatic carbocycles. The number of carbonyl (C=O) groups excluding carboxylic acids is 2.